The molecule has 4 aromatic rings. The van der Waals surface area contributed by atoms with Crippen molar-refractivity contribution in [1.29, 1.82) is 0 Å². The number of benzene rings is 2. The van der Waals surface area contributed by atoms with Gasteiger partial charge in [0.15, 0.2) is 0 Å². The molecule has 0 saturated carbocycles. The third-order valence-electron chi connectivity index (χ3n) is 7.30. The number of aryl methyl sites for hydroxylation is 1. The van der Waals surface area contributed by atoms with Gasteiger partial charge in [0, 0.05) is 31.6 Å². The molecule has 0 spiro atoms. The van der Waals surface area contributed by atoms with Gasteiger partial charge < -0.3 is 20.6 Å². The van der Waals surface area contributed by atoms with Gasteiger partial charge in [0.05, 0.1) is 29.9 Å². The third kappa shape index (κ3) is 6.36. The molecule has 10 nitrogen and oxygen atoms in total. The molecule has 0 unspecified atom stereocenters. The Morgan fingerprint density at radius 1 is 1.12 bits per heavy atom. The average molecular weight is 571 g/mol. The van der Waals surface area contributed by atoms with Gasteiger partial charge in [0.1, 0.15) is 17.6 Å². The summed E-state index contributed by atoms with van der Waals surface area (Å²) in [4.78, 5) is 44.6. The summed E-state index contributed by atoms with van der Waals surface area (Å²) < 4.78 is 15.2. The standard InChI is InChI=1S/C31H31FN6O4/c1-19(25-6-4-3-5-20(25)7-10-23-13-14-34-37(23)2)35-31(42)28-16-24(39)18-38(28)29(40)17-33-30(41)27-11-8-21-15-22(32)9-12-26(21)36-27/h3-15,19,24,28,39H,16-18H2,1-2H3,(H,33,41)(H,35,42)/b10-7+/t19-,24+,28-/m0/s1. The van der Waals surface area contributed by atoms with Crippen LogP contribution in [-0.4, -0.2) is 67.7 Å². The monoisotopic (exact) mass is 570 g/mol. The van der Waals surface area contributed by atoms with Gasteiger partial charge in [-0.3, -0.25) is 19.1 Å². The molecule has 3 N–H and O–H groups in total. The maximum absolute atomic E-state index is 13.4. The number of likely N-dealkylation sites (tertiary alicyclic amines) is 1. The van der Waals surface area contributed by atoms with Crippen molar-refractivity contribution < 1.29 is 23.9 Å². The number of halogens is 1. The maximum Gasteiger partial charge on any atom is 0.270 e. The molecule has 0 aliphatic carbocycles. The number of rotatable bonds is 8. The molecule has 216 valence electrons. The molecule has 42 heavy (non-hydrogen) atoms. The number of carbonyl (C=O) groups excluding carboxylic acids is 3. The molecule has 2 aromatic carbocycles. The summed E-state index contributed by atoms with van der Waals surface area (Å²) in [6.07, 6.45) is 4.83. The lowest BCUT2D eigenvalue weighted by molar-refractivity contribution is -0.138. The van der Waals surface area contributed by atoms with Gasteiger partial charge in [-0.05, 0) is 54.5 Å². The van der Waals surface area contributed by atoms with Crippen LogP contribution < -0.4 is 10.6 Å². The van der Waals surface area contributed by atoms with Crippen LogP contribution in [0.15, 0.2) is 66.9 Å². The van der Waals surface area contributed by atoms with Crippen LogP contribution in [0.3, 0.4) is 0 Å². The van der Waals surface area contributed by atoms with Crippen LogP contribution in [-0.2, 0) is 16.6 Å². The van der Waals surface area contributed by atoms with E-state index >= 15 is 0 Å². The van der Waals surface area contributed by atoms with Crippen molar-refractivity contribution in [2.24, 2.45) is 7.05 Å². The van der Waals surface area contributed by atoms with Crippen LogP contribution in [0.4, 0.5) is 4.39 Å². The van der Waals surface area contributed by atoms with Crippen molar-refractivity contribution in [3.05, 3.63) is 95.2 Å². The molecular formula is C31H31FN6O4. The smallest absolute Gasteiger partial charge is 0.270 e. The van der Waals surface area contributed by atoms with E-state index in [1.807, 2.05) is 56.5 Å². The van der Waals surface area contributed by atoms with Gasteiger partial charge in [0.2, 0.25) is 11.8 Å². The Hall–Kier alpha value is -4.90. The Kier molecular flexibility index (Phi) is 8.39. The molecule has 0 radical (unpaired) electrons. The van der Waals surface area contributed by atoms with Gasteiger partial charge in [-0.1, -0.05) is 36.4 Å². The number of aromatic nitrogens is 3. The van der Waals surface area contributed by atoms with E-state index in [2.05, 4.69) is 20.7 Å². The highest BCUT2D eigenvalue weighted by atomic mass is 19.1. The highest BCUT2D eigenvalue weighted by Crippen LogP contribution is 2.23. The van der Waals surface area contributed by atoms with E-state index in [1.165, 1.54) is 29.2 Å². The van der Waals surface area contributed by atoms with Gasteiger partial charge in [-0.25, -0.2) is 9.37 Å². The molecule has 1 saturated heterocycles. The predicted molar refractivity (Wildman–Crippen MR) is 155 cm³/mol. The highest BCUT2D eigenvalue weighted by molar-refractivity contribution is 5.97. The van der Waals surface area contributed by atoms with Gasteiger partial charge >= 0.3 is 0 Å². The first-order valence-corrected chi connectivity index (χ1v) is 13.6. The molecule has 11 heteroatoms. The number of fused-ring (bicyclic) bond motifs is 1. The summed E-state index contributed by atoms with van der Waals surface area (Å²) in [5, 5.41) is 20.5. The number of pyridine rings is 1. The van der Waals surface area contributed by atoms with Crippen molar-refractivity contribution in [3.8, 4) is 0 Å². The number of nitrogens with one attached hydrogen (secondary N) is 2. The predicted octanol–water partition coefficient (Wildman–Crippen LogP) is 2.85. The SMILES string of the molecule is C[C@H](NC(=O)[C@@H]1C[C@@H](O)CN1C(=O)CNC(=O)c1ccc2cc(F)ccc2n1)c1ccccc1/C=C/c1ccnn1C. The Morgan fingerprint density at radius 3 is 2.71 bits per heavy atom. The first-order chi connectivity index (χ1) is 20.2. The molecule has 5 rings (SSSR count). The third-order valence-corrected chi connectivity index (χ3v) is 7.30. The largest absolute Gasteiger partial charge is 0.391 e. The topological polar surface area (TPSA) is 129 Å². The fourth-order valence-electron chi connectivity index (χ4n) is 5.08. The second-order valence-corrected chi connectivity index (χ2v) is 10.2. The highest BCUT2D eigenvalue weighted by Gasteiger charge is 2.39. The number of nitrogens with zero attached hydrogens (tertiary/aromatic N) is 4. The van der Waals surface area contributed by atoms with Crippen LogP contribution in [0, 0.1) is 5.82 Å². The van der Waals surface area contributed by atoms with E-state index in [0.717, 1.165) is 16.8 Å². The summed E-state index contributed by atoms with van der Waals surface area (Å²) in [7, 11) is 1.85. The zero-order chi connectivity index (χ0) is 29.8. The minimum absolute atomic E-state index is 0.0228. The lowest BCUT2D eigenvalue weighted by Crippen LogP contribution is -2.49. The van der Waals surface area contributed by atoms with Crippen LogP contribution >= 0.6 is 0 Å². The number of aliphatic hydroxyl groups excluding tert-OH is 1. The number of aliphatic hydroxyl groups is 1. The molecule has 0 bridgehead atoms. The van der Waals surface area contributed by atoms with E-state index in [9.17, 15) is 23.9 Å². The Labute approximate surface area is 241 Å². The Morgan fingerprint density at radius 2 is 1.93 bits per heavy atom. The second-order valence-electron chi connectivity index (χ2n) is 10.2. The summed E-state index contributed by atoms with van der Waals surface area (Å²) in [5.74, 6) is -1.89. The Balaban J connectivity index is 1.22. The van der Waals surface area contributed by atoms with Crippen molar-refractivity contribution >= 4 is 40.8 Å². The van der Waals surface area contributed by atoms with Crippen LogP contribution in [0.5, 0.6) is 0 Å². The molecule has 3 atom stereocenters. The molecule has 3 amide bonds. The first kappa shape index (κ1) is 28.6. The Bertz CT molecular complexity index is 1670. The van der Waals surface area contributed by atoms with Crippen LogP contribution in [0.2, 0.25) is 0 Å². The lowest BCUT2D eigenvalue weighted by atomic mass is 10.00. The number of amides is 3. The molecular weight excluding hydrogens is 539 g/mol. The van der Waals surface area contributed by atoms with Crippen molar-refractivity contribution in [1.82, 2.24) is 30.3 Å². The zero-order valence-corrected chi connectivity index (χ0v) is 23.2. The fraction of sp³-hybridized carbons (Fsp3) is 0.258. The molecule has 2 aromatic heterocycles. The quantitative estimate of drug-likeness (QED) is 0.299. The number of hydrogen-bond donors (Lipinski definition) is 3. The minimum Gasteiger partial charge on any atom is -0.391 e. The summed E-state index contributed by atoms with van der Waals surface area (Å²) in [6.45, 7) is 1.46. The van der Waals surface area contributed by atoms with E-state index in [-0.39, 0.29) is 31.2 Å². The molecule has 1 aliphatic rings. The lowest BCUT2D eigenvalue weighted by Gasteiger charge is -2.26. The van der Waals surface area contributed by atoms with E-state index in [4.69, 9.17) is 0 Å². The van der Waals surface area contributed by atoms with E-state index < -0.39 is 35.7 Å². The number of hydrogen-bond acceptors (Lipinski definition) is 6. The molecule has 1 fully saturated rings. The minimum atomic E-state index is -0.891. The van der Waals surface area contributed by atoms with Crippen LogP contribution in [0.1, 0.15) is 46.7 Å². The molecule has 3 heterocycles. The van der Waals surface area contributed by atoms with Crippen LogP contribution in [0.25, 0.3) is 23.1 Å². The zero-order valence-electron chi connectivity index (χ0n) is 23.2. The average Bonchev–Trinajstić information content (AvgIpc) is 3.59. The summed E-state index contributed by atoms with van der Waals surface area (Å²) in [5.41, 5.74) is 3.25. The summed E-state index contributed by atoms with van der Waals surface area (Å²) >= 11 is 0. The maximum atomic E-state index is 13.4. The van der Waals surface area contributed by atoms with E-state index in [1.54, 1.807) is 16.9 Å². The molecule has 1 aliphatic heterocycles. The van der Waals surface area contributed by atoms with Gasteiger partial charge in [-0.15, -0.1) is 0 Å². The van der Waals surface area contributed by atoms with Gasteiger partial charge in [0.25, 0.3) is 5.91 Å². The number of β-amino-alcohol motifs (C(OH)–C–C–N with tert-alkyl or cyclic N) is 1. The fourth-order valence-corrected chi connectivity index (χ4v) is 5.08. The second kappa shape index (κ2) is 12.3. The normalized spacial score (nSPS) is 17.5. The summed E-state index contributed by atoms with van der Waals surface area (Å²) in [6, 6.07) is 15.4. The van der Waals surface area contributed by atoms with Gasteiger partial charge in [-0.2, -0.15) is 5.10 Å². The van der Waals surface area contributed by atoms with Crippen molar-refractivity contribution in [2.75, 3.05) is 13.1 Å². The first-order valence-electron chi connectivity index (χ1n) is 13.6. The van der Waals surface area contributed by atoms with E-state index in [0.29, 0.717) is 10.9 Å². The number of carbonyl (C=O) groups is 3. The van der Waals surface area contributed by atoms with Crippen molar-refractivity contribution in [2.45, 2.75) is 31.5 Å². The van der Waals surface area contributed by atoms with Crippen molar-refractivity contribution in [3.63, 3.8) is 0 Å².